The van der Waals surface area contributed by atoms with Crippen molar-refractivity contribution < 1.29 is 9.47 Å². The quantitative estimate of drug-likeness (QED) is 0.0867. The molecule has 0 saturated carbocycles. The molecule has 0 bridgehead atoms. The third-order valence-electron chi connectivity index (χ3n) is 4.46. The molecule has 0 aliphatic rings. The molecule has 0 amide bonds. The van der Waals surface area contributed by atoms with Gasteiger partial charge in [0.05, 0.1) is 0 Å². The second kappa shape index (κ2) is 22.2. The zero-order valence-electron chi connectivity index (χ0n) is 16.9. The number of hydrogen-bond acceptors (Lipinski definition) is 2. The van der Waals surface area contributed by atoms with E-state index in [2.05, 4.69) is 28.1 Å². The van der Waals surface area contributed by atoms with Crippen LogP contribution >= 0.6 is 15.9 Å². The molecule has 0 aliphatic carbocycles. The largest absolute Gasteiger partial charge is 0.353 e. The summed E-state index contributed by atoms with van der Waals surface area (Å²) in [7, 11) is 0. The van der Waals surface area contributed by atoms with Crippen LogP contribution in [-0.4, -0.2) is 24.8 Å². The van der Waals surface area contributed by atoms with Gasteiger partial charge in [-0.25, -0.2) is 0 Å². The molecule has 0 rings (SSSR count). The maximum absolute atomic E-state index is 5.58. The van der Waals surface area contributed by atoms with Crippen molar-refractivity contribution in [2.75, 3.05) is 18.5 Å². The van der Waals surface area contributed by atoms with Gasteiger partial charge < -0.3 is 9.47 Å². The lowest BCUT2D eigenvalue weighted by molar-refractivity contribution is -0.140. The van der Waals surface area contributed by atoms with Gasteiger partial charge in [0, 0.05) is 18.5 Å². The number of rotatable bonds is 20. The van der Waals surface area contributed by atoms with E-state index in [1.165, 1.54) is 83.5 Å². The summed E-state index contributed by atoms with van der Waals surface area (Å²) in [5.74, 6) is 0. The maximum atomic E-state index is 5.58. The second-order valence-corrected chi connectivity index (χ2v) is 7.55. The minimum Gasteiger partial charge on any atom is -0.353 e. The molecule has 0 aromatic heterocycles. The highest BCUT2D eigenvalue weighted by molar-refractivity contribution is 9.09. The highest BCUT2D eigenvalue weighted by atomic mass is 79.9. The van der Waals surface area contributed by atoms with Crippen molar-refractivity contribution in [3.05, 3.63) is 12.2 Å². The topological polar surface area (TPSA) is 18.5 Å². The molecular weight excluding hydrogens is 376 g/mol. The van der Waals surface area contributed by atoms with Crippen LogP contribution in [0, 0.1) is 0 Å². The van der Waals surface area contributed by atoms with Crippen LogP contribution in [0.4, 0.5) is 0 Å². The molecule has 0 aromatic rings. The SMILES string of the molecule is CCOC(CCCCCCCCCCCCC/C=C/CCBr)OCC. The highest BCUT2D eigenvalue weighted by Gasteiger charge is 2.06. The van der Waals surface area contributed by atoms with Crippen molar-refractivity contribution in [1.29, 1.82) is 0 Å². The maximum Gasteiger partial charge on any atom is 0.157 e. The van der Waals surface area contributed by atoms with E-state index in [1.54, 1.807) is 0 Å². The fourth-order valence-corrected chi connectivity index (χ4v) is 3.31. The third-order valence-corrected chi connectivity index (χ3v) is 4.92. The summed E-state index contributed by atoms with van der Waals surface area (Å²) in [6, 6.07) is 0. The monoisotopic (exact) mass is 418 g/mol. The fraction of sp³-hybridized carbons (Fsp3) is 0.909. The smallest absolute Gasteiger partial charge is 0.157 e. The standard InChI is InChI=1S/C22H43BrO2/c1-3-24-22(25-4-2)20-18-16-14-12-10-8-6-5-7-9-11-13-15-17-19-21-23/h15,17,22H,3-14,16,18-21H2,1-2H3/b17-15+. The molecule has 0 radical (unpaired) electrons. The van der Waals surface area contributed by atoms with Crippen LogP contribution in [0.15, 0.2) is 12.2 Å². The van der Waals surface area contributed by atoms with Gasteiger partial charge in [-0.3, -0.25) is 0 Å². The van der Waals surface area contributed by atoms with Crippen molar-refractivity contribution in [3.8, 4) is 0 Å². The number of ether oxygens (including phenoxy) is 2. The minimum absolute atomic E-state index is 0.0230. The molecule has 0 atom stereocenters. The summed E-state index contributed by atoms with van der Waals surface area (Å²) in [6.45, 7) is 5.57. The first kappa shape index (κ1) is 25.1. The number of unbranched alkanes of at least 4 members (excludes halogenated alkanes) is 11. The van der Waals surface area contributed by atoms with Crippen LogP contribution in [0.1, 0.15) is 104 Å². The molecule has 2 nitrogen and oxygen atoms in total. The van der Waals surface area contributed by atoms with Gasteiger partial charge in [0.15, 0.2) is 6.29 Å². The zero-order chi connectivity index (χ0) is 18.4. The van der Waals surface area contributed by atoms with E-state index in [0.29, 0.717) is 0 Å². The van der Waals surface area contributed by atoms with E-state index >= 15 is 0 Å². The van der Waals surface area contributed by atoms with Crippen LogP contribution in [-0.2, 0) is 9.47 Å². The third kappa shape index (κ3) is 20.3. The second-order valence-electron chi connectivity index (χ2n) is 6.76. The van der Waals surface area contributed by atoms with Crippen LogP contribution in [0.3, 0.4) is 0 Å². The molecule has 0 fully saturated rings. The van der Waals surface area contributed by atoms with Gasteiger partial charge in [-0.05, 0) is 46.0 Å². The Morgan fingerprint density at radius 1 is 0.640 bits per heavy atom. The Bertz CT molecular complexity index is 263. The van der Waals surface area contributed by atoms with E-state index in [-0.39, 0.29) is 6.29 Å². The first-order chi connectivity index (χ1) is 12.3. The Balaban J connectivity index is 3.18. The van der Waals surface area contributed by atoms with Gasteiger partial charge in [-0.15, -0.1) is 0 Å². The van der Waals surface area contributed by atoms with E-state index in [9.17, 15) is 0 Å². The first-order valence-corrected chi connectivity index (χ1v) is 11.9. The predicted molar refractivity (Wildman–Crippen MR) is 115 cm³/mol. The van der Waals surface area contributed by atoms with E-state index in [4.69, 9.17) is 9.47 Å². The van der Waals surface area contributed by atoms with Crippen LogP contribution in [0.25, 0.3) is 0 Å². The molecule has 0 unspecified atom stereocenters. The molecule has 25 heavy (non-hydrogen) atoms. The van der Waals surface area contributed by atoms with Crippen molar-refractivity contribution in [1.82, 2.24) is 0 Å². The minimum atomic E-state index is 0.0230. The summed E-state index contributed by atoms with van der Waals surface area (Å²) in [4.78, 5) is 0. The van der Waals surface area contributed by atoms with Crippen molar-refractivity contribution in [2.24, 2.45) is 0 Å². The Morgan fingerprint density at radius 2 is 1.08 bits per heavy atom. The van der Waals surface area contributed by atoms with Crippen molar-refractivity contribution in [2.45, 2.75) is 110 Å². The highest BCUT2D eigenvalue weighted by Crippen LogP contribution is 2.14. The van der Waals surface area contributed by atoms with Gasteiger partial charge in [0.25, 0.3) is 0 Å². The average molecular weight is 419 g/mol. The number of alkyl halides is 1. The molecule has 0 spiro atoms. The molecule has 0 heterocycles. The average Bonchev–Trinajstić information content (AvgIpc) is 2.61. The lowest BCUT2D eigenvalue weighted by Crippen LogP contribution is -2.17. The lowest BCUT2D eigenvalue weighted by atomic mass is 10.0. The summed E-state index contributed by atoms with van der Waals surface area (Å²) in [5, 5.41) is 1.09. The Morgan fingerprint density at radius 3 is 1.56 bits per heavy atom. The van der Waals surface area contributed by atoms with Gasteiger partial charge in [0.1, 0.15) is 0 Å². The van der Waals surface area contributed by atoms with E-state index < -0.39 is 0 Å². The summed E-state index contributed by atoms with van der Waals surface area (Å²) < 4.78 is 11.2. The molecule has 150 valence electrons. The zero-order valence-corrected chi connectivity index (χ0v) is 18.5. The number of allylic oxidation sites excluding steroid dienone is 2. The Labute approximate surface area is 166 Å². The molecule has 3 heteroatoms. The van der Waals surface area contributed by atoms with Crippen LogP contribution < -0.4 is 0 Å². The number of hydrogen-bond donors (Lipinski definition) is 0. The molecule has 0 aromatic carbocycles. The van der Waals surface area contributed by atoms with Crippen molar-refractivity contribution >= 4 is 15.9 Å². The summed E-state index contributed by atoms with van der Waals surface area (Å²) >= 11 is 3.45. The van der Waals surface area contributed by atoms with Crippen molar-refractivity contribution in [3.63, 3.8) is 0 Å². The summed E-state index contributed by atoms with van der Waals surface area (Å²) in [5.41, 5.74) is 0. The van der Waals surface area contributed by atoms with E-state index in [1.807, 2.05) is 13.8 Å². The van der Waals surface area contributed by atoms with Crippen LogP contribution in [0.5, 0.6) is 0 Å². The first-order valence-electron chi connectivity index (χ1n) is 10.8. The molecule has 0 N–H and O–H groups in total. The van der Waals surface area contributed by atoms with Gasteiger partial charge >= 0.3 is 0 Å². The fourth-order valence-electron chi connectivity index (χ4n) is 3.05. The van der Waals surface area contributed by atoms with Gasteiger partial charge in [-0.1, -0.05) is 85.9 Å². The van der Waals surface area contributed by atoms with E-state index in [0.717, 1.165) is 25.0 Å². The van der Waals surface area contributed by atoms with Gasteiger partial charge in [-0.2, -0.15) is 0 Å². The molecule has 0 saturated heterocycles. The predicted octanol–water partition coefficient (Wildman–Crippen LogP) is 7.80. The summed E-state index contributed by atoms with van der Waals surface area (Å²) in [6.07, 6.45) is 23.3. The lowest BCUT2D eigenvalue weighted by Gasteiger charge is -2.16. The molecular formula is C22H43BrO2. The van der Waals surface area contributed by atoms with Gasteiger partial charge in [0.2, 0.25) is 0 Å². The number of halogens is 1. The Hall–Kier alpha value is 0.140. The van der Waals surface area contributed by atoms with Crippen LogP contribution in [0.2, 0.25) is 0 Å². The molecule has 0 aliphatic heterocycles. The normalized spacial score (nSPS) is 11.8. The Kier molecular flexibility index (Phi) is 22.3.